The van der Waals surface area contributed by atoms with Crippen molar-refractivity contribution < 1.29 is 14.7 Å². The Hall–Kier alpha value is -1.10. The van der Waals surface area contributed by atoms with Crippen molar-refractivity contribution in [3.8, 4) is 0 Å². The molecule has 5 nitrogen and oxygen atoms in total. The quantitative estimate of drug-likeness (QED) is 0.544. The number of nitrogens with one attached hydrogen (secondary N) is 1. The van der Waals surface area contributed by atoms with Gasteiger partial charge in [-0.1, -0.05) is 12.8 Å². The number of carboxylic acids is 1. The number of hydrogen-bond acceptors (Lipinski definition) is 3. The topological polar surface area (TPSA) is 92.4 Å². The third kappa shape index (κ3) is 6.00. The van der Waals surface area contributed by atoms with E-state index in [-0.39, 0.29) is 17.9 Å². The lowest BCUT2D eigenvalue weighted by atomic mass is 9.75. The first-order valence-corrected chi connectivity index (χ1v) is 6.79. The van der Waals surface area contributed by atoms with Crippen LogP contribution in [-0.4, -0.2) is 29.1 Å². The van der Waals surface area contributed by atoms with Crippen molar-refractivity contribution in [2.24, 2.45) is 5.73 Å². The Kier molecular flexibility index (Phi) is 6.12. The van der Waals surface area contributed by atoms with Gasteiger partial charge >= 0.3 is 5.97 Å². The number of unbranched alkanes of at least 4 members (excludes halogenated alkanes) is 3. The maximum absolute atomic E-state index is 11.6. The minimum atomic E-state index is -0.739. The van der Waals surface area contributed by atoms with Crippen LogP contribution in [0.5, 0.6) is 0 Å². The predicted molar refractivity (Wildman–Crippen MR) is 69.1 cm³/mol. The molecular formula is C13H24N2O3. The highest BCUT2D eigenvalue weighted by Crippen LogP contribution is 2.31. The highest BCUT2D eigenvalue weighted by Gasteiger charge is 2.34. The summed E-state index contributed by atoms with van der Waals surface area (Å²) >= 11 is 0. The molecule has 4 N–H and O–H groups in total. The van der Waals surface area contributed by atoms with Gasteiger partial charge in [0.25, 0.3) is 0 Å². The van der Waals surface area contributed by atoms with Crippen molar-refractivity contribution in [2.75, 3.05) is 6.54 Å². The van der Waals surface area contributed by atoms with E-state index in [2.05, 4.69) is 5.32 Å². The van der Waals surface area contributed by atoms with Gasteiger partial charge in [0.2, 0.25) is 5.91 Å². The number of nitrogens with two attached hydrogens (primary N) is 1. The summed E-state index contributed by atoms with van der Waals surface area (Å²) in [4.78, 5) is 21.8. The zero-order valence-electron chi connectivity index (χ0n) is 10.9. The van der Waals surface area contributed by atoms with Crippen LogP contribution in [0, 0.1) is 0 Å². The summed E-state index contributed by atoms with van der Waals surface area (Å²) in [5.41, 5.74) is 5.74. The van der Waals surface area contributed by atoms with Crippen LogP contribution < -0.4 is 11.1 Å². The standard InChI is InChI=1S/C13H24N2O3/c14-13(7-5-8-13)10-11(16)15-9-4-2-1-3-6-12(17)18/h1-10,14H2,(H,15,16)(H,17,18). The predicted octanol–water partition coefficient (Wildman–Crippen LogP) is 1.41. The molecule has 104 valence electrons. The van der Waals surface area contributed by atoms with Crippen molar-refractivity contribution in [3.05, 3.63) is 0 Å². The molecule has 18 heavy (non-hydrogen) atoms. The van der Waals surface area contributed by atoms with E-state index < -0.39 is 5.97 Å². The van der Waals surface area contributed by atoms with Crippen molar-refractivity contribution in [1.82, 2.24) is 5.32 Å². The second-order valence-corrected chi connectivity index (χ2v) is 5.30. The van der Waals surface area contributed by atoms with Crippen LogP contribution in [0.1, 0.15) is 57.8 Å². The molecule has 0 aromatic heterocycles. The highest BCUT2D eigenvalue weighted by atomic mass is 16.4. The largest absolute Gasteiger partial charge is 0.481 e. The van der Waals surface area contributed by atoms with Crippen LogP contribution >= 0.6 is 0 Å². The first-order valence-electron chi connectivity index (χ1n) is 6.79. The highest BCUT2D eigenvalue weighted by molar-refractivity contribution is 5.77. The lowest BCUT2D eigenvalue weighted by molar-refractivity contribution is -0.137. The Morgan fingerprint density at radius 2 is 1.83 bits per heavy atom. The first-order chi connectivity index (χ1) is 8.52. The molecule has 0 heterocycles. The number of rotatable bonds is 9. The first kappa shape index (κ1) is 15.0. The van der Waals surface area contributed by atoms with E-state index in [0.717, 1.165) is 44.9 Å². The summed E-state index contributed by atoms with van der Waals surface area (Å²) in [7, 11) is 0. The Balaban J connectivity index is 1.91. The van der Waals surface area contributed by atoms with Crippen molar-refractivity contribution >= 4 is 11.9 Å². The monoisotopic (exact) mass is 256 g/mol. The molecule has 0 aromatic carbocycles. The molecular weight excluding hydrogens is 232 g/mol. The molecule has 0 spiro atoms. The minimum Gasteiger partial charge on any atom is -0.481 e. The lowest BCUT2D eigenvalue weighted by Crippen LogP contribution is -2.50. The Morgan fingerprint density at radius 1 is 1.17 bits per heavy atom. The maximum atomic E-state index is 11.6. The number of amides is 1. The normalized spacial score (nSPS) is 16.9. The van der Waals surface area contributed by atoms with E-state index in [4.69, 9.17) is 10.8 Å². The van der Waals surface area contributed by atoms with Crippen LogP contribution in [0.15, 0.2) is 0 Å². The van der Waals surface area contributed by atoms with Gasteiger partial charge in [-0.25, -0.2) is 0 Å². The van der Waals surface area contributed by atoms with Crippen LogP contribution in [-0.2, 0) is 9.59 Å². The van der Waals surface area contributed by atoms with Crippen LogP contribution in [0.4, 0.5) is 0 Å². The van der Waals surface area contributed by atoms with Gasteiger partial charge in [0.1, 0.15) is 0 Å². The molecule has 0 bridgehead atoms. The zero-order valence-corrected chi connectivity index (χ0v) is 10.9. The van der Waals surface area contributed by atoms with Crippen LogP contribution in [0.25, 0.3) is 0 Å². The van der Waals surface area contributed by atoms with E-state index in [1.165, 1.54) is 0 Å². The molecule has 0 aliphatic heterocycles. The molecule has 5 heteroatoms. The summed E-state index contributed by atoms with van der Waals surface area (Å²) in [5.74, 6) is -0.695. The number of carbonyl (C=O) groups is 2. The number of carboxylic acid groups (broad SMARTS) is 1. The molecule has 0 radical (unpaired) electrons. The lowest BCUT2D eigenvalue weighted by Gasteiger charge is -2.37. The minimum absolute atomic E-state index is 0.0442. The summed E-state index contributed by atoms with van der Waals surface area (Å²) in [6, 6.07) is 0. The van der Waals surface area contributed by atoms with E-state index >= 15 is 0 Å². The van der Waals surface area contributed by atoms with Gasteiger partial charge in [-0.2, -0.15) is 0 Å². The maximum Gasteiger partial charge on any atom is 0.303 e. The van der Waals surface area contributed by atoms with E-state index in [1.807, 2.05) is 0 Å². The van der Waals surface area contributed by atoms with Crippen molar-refractivity contribution in [1.29, 1.82) is 0 Å². The van der Waals surface area contributed by atoms with Gasteiger partial charge < -0.3 is 16.2 Å². The fraction of sp³-hybridized carbons (Fsp3) is 0.846. The molecule has 1 amide bonds. The van der Waals surface area contributed by atoms with Crippen molar-refractivity contribution in [2.45, 2.75) is 63.3 Å². The van der Waals surface area contributed by atoms with Gasteiger partial charge in [-0.05, 0) is 32.1 Å². The van der Waals surface area contributed by atoms with Crippen LogP contribution in [0.3, 0.4) is 0 Å². The van der Waals surface area contributed by atoms with E-state index in [9.17, 15) is 9.59 Å². The Labute approximate surface area is 108 Å². The molecule has 1 saturated carbocycles. The average molecular weight is 256 g/mol. The summed E-state index contributed by atoms with van der Waals surface area (Å²) in [6.45, 7) is 0.669. The average Bonchev–Trinajstić information content (AvgIpc) is 2.25. The zero-order chi connectivity index (χ0) is 13.4. The van der Waals surface area contributed by atoms with Gasteiger partial charge in [-0.15, -0.1) is 0 Å². The van der Waals surface area contributed by atoms with Crippen molar-refractivity contribution in [3.63, 3.8) is 0 Å². The summed E-state index contributed by atoms with van der Waals surface area (Å²) in [5, 5.41) is 11.3. The molecule has 0 unspecified atom stereocenters. The Morgan fingerprint density at radius 3 is 2.39 bits per heavy atom. The molecule has 0 atom stereocenters. The van der Waals surface area contributed by atoms with Gasteiger partial charge in [0.15, 0.2) is 0 Å². The molecule has 1 fully saturated rings. The van der Waals surface area contributed by atoms with Gasteiger partial charge in [0.05, 0.1) is 0 Å². The van der Waals surface area contributed by atoms with E-state index in [0.29, 0.717) is 13.0 Å². The Bertz CT molecular complexity index is 288. The fourth-order valence-electron chi connectivity index (χ4n) is 2.17. The van der Waals surface area contributed by atoms with Gasteiger partial charge in [0, 0.05) is 24.9 Å². The summed E-state index contributed by atoms with van der Waals surface area (Å²) in [6.07, 6.45) is 7.20. The van der Waals surface area contributed by atoms with Crippen LogP contribution in [0.2, 0.25) is 0 Å². The van der Waals surface area contributed by atoms with Gasteiger partial charge in [-0.3, -0.25) is 9.59 Å². The third-order valence-electron chi connectivity index (χ3n) is 3.50. The molecule has 1 aliphatic rings. The fourth-order valence-corrected chi connectivity index (χ4v) is 2.17. The second kappa shape index (κ2) is 7.36. The van der Waals surface area contributed by atoms with E-state index in [1.54, 1.807) is 0 Å². The number of hydrogen-bond donors (Lipinski definition) is 3. The molecule has 1 aliphatic carbocycles. The number of aliphatic carboxylic acids is 1. The smallest absolute Gasteiger partial charge is 0.303 e. The SMILES string of the molecule is NC1(CC(=O)NCCCCCCC(=O)O)CCC1. The molecule has 1 rings (SSSR count). The summed E-state index contributed by atoms with van der Waals surface area (Å²) < 4.78 is 0. The number of carbonyl (C=O) groups excluding carboxylic acids is 1. The second-order valence-electron chi connectivity index (χ2n) is 5.30. The molecule has 0 aromatic rings. The third-order valence-corrected chi connectivity index (χ3v) is 3.50. The molecule has 0 saturated heterocycles.